The molecule has 0 radical (unpaired) electrons. The third-order valence-corrected chi connectivity index (χ3v) is 2.92. The highest BCUT2D eigenvalue weighted by molar-refractivity contribution is 9.10. The van der Waals surface area contributed by atoms with Crippen LogP contribution in [0.3, 0.4) is 0 Å². The van der Waals surface area contributed by atoms with E-state index in [9.17, 15) is 13.2 Å². The standard InChI is InChI=1S/C7H6BrFO2S/c1-4-2-6(9)7(12(10)11)3-5(4)8/h2-3H,1H3,(H,10,11)/p-1. The van der Waals surface area contributed by atoms with Crippen LogP contribution in [0.1, 0.15) is 5.56 Å². The maximum Gasteiger partial charge on any atom is 0.138 e. The minimum atomic E-state index is -2.51. The van der Waals surface area contributed by atoms with Gasteiger partial charge in [-0.1, -0.05) is 15.9 Å². The lowest BCUT2D eigenvalue weighted by Crippen LogP contribution is -1.94. The first-order valence-electron chi connectivity index (χ1n) is 3.07. The molecule has 5 heteroatoms. The van der Waals surface area contributed by atoms with Crippen LogP contribution >= 0.6 is 15.9 Å². The number of aryl methyl sites for hydroxylation is 1. The number of benzene rings is 1. The van der Waals surface area contributed by atoms with Crippen molar-refractivity contribution in [1.29, 1.82) is 0 Å². The Morgan fingerprint density at radius 2 is 2.17 bits per heavy atom. The van der Waals surface area contributed by atoms with E-state index in [0.717, 1.165) is 0 Å². The third-order valence-electron chi connectivity index (χ3n) is 1.39. The molecule has 0 N–H and O–H groups in total. The largest absolute Gasteiger partial charge is 0.768 e. The molecule has 0 bridgehead atoms. The molecule has 1 rings (SSSR count). The molecule has 0 saturated heterocycles. The summed E-state index contributed by atoms with van der Waals surface area (Å²) in [5.74, 6) is -0.718. The van der Waals surface area contributed by atoms with Crippen LogP contribution in [-0.4, -0.2) is 8.76 Å². The molecule has 0 aliphatic carbocycles. The summed E-state index contributed by atoms with van der Waals surface area (Å²) >= 11 is 0.594. The van der Waals surface area contributed by atoms with Crippen molar-refractivity contribution in [2.24, 2.45) is 0 Å². The molecule has 0 spiro atoms. The number of hydrogen-bond acceptors (Lipinski definition) is 2. The van der Waals surface area contributed by atoms with Crippen molar-refractivity contribution >= 4 is 27.0 Å². The van der Waals surface area contributed by atoms with Crippen molar-refractivity contribution in [3.8, 4) is 0 Å². The fraction of sp³-hybridized carbons (Fsp3) is 0.143. The van der Waals surface area contributed by atoms with Crippen LogP contribution < -0.4 is 0 Å². The Bertz CT molecular complexity index is 340. The predicted octanol–water partition coefficient (Wildman–Crippen LogP) is 2.13. The van der Waals surface area contributed by atoms with Crippen LogP contribution in [0.4, 0.5) is 4.39 Å². The molecule has 1 atom stereocenters. The second-order valence-electron chi connectivity index (χ2n) is 2.27. The van der Waals surface area contributed by atoms with Gasteiger partial charge in [-0.25, -0.2) is 4.39 Å². The van der Waals surface area contributed by atoms with Gasteiger partial charge in [0.25, 0.3) is 0 Å². The minimum absolute atomic E-state index is 0.313. The molecule has 2 nitrogen and oxygen atoms in total. The summed E-state index contributed by atoms with van der Waals surface area (Å²) in [6.45, 7) is 1.69. The molecule has 12 heavy (non-hydrogen) atoms. The van der Waals surface area contributed by atoms with E-state index in [1.165, 1.54) is 12.1 Å². The van der Waals surface area contributed by atoms with E-state index in [-0.39, 0.29) is 4.90 Å². The molecule has 0 fully saturated rings. The Labute approximate surface area is 80.2 Å². The fourth-order valence-electron chi connectivity index (χ4n) is 0.756. The predicted molar refractivity (Wildman–Crippen MR) is 46.0 cm³/mol. The number of halogens is 2. The van der Waals surface area contributed by atoms with Gasteiger partial charge in [-0.2, -0.15) is 0 Å². The molecule has 66 valence electrons. The number of hydrogen-bond donors (Lipinski definition) is 0. The molecule has 0 aromatic heterocycles. The molecular formula is C7H5BrFO2S-. The van der Waals surface area contributed by atoms with Gasteiger partial charge in [0.1, 0.15) is 5.82 Å². The van der Waals surface area contributed by atoms with E-state index < -0.39 is 16.9 Å². The van der Waals surface area contributed by atoms with E-state index in [2.05, 4.69) is 15.9 Å². The lowest BCUT2D eigenvalue weighted by Gasteiger charge is -2.08. The van der Waals surface area contributed by atoms with Crippen LogP contribution in [0.25, 0.3) is 0 Å². The van der Waals surface area contributed by atoms with Crippen molar-refractivity contribution in [2.45, 2.75) is 11.8 Å². The quantitative estimate of drug-likeness (QED) is 0.718. The van der Waals surface area contributed by atoms with Gasteiger partial charge in [0.05, 0.1) is 4.90 Å². The summed E-state index contributed by atoms with van der Waals surface area (Å²) in [6.07, 6.45) is 0. The highest BCUT2D eigenvalue weighted by Gasteiger charge is 2.05. The molecular weight excluding hydrogens is 247 g/mol. The first-order chi connectivity index (χ1) is 5.52. The van der Waals surface area contributed by atoms with Crippen LogP contribution in [-0.2, 0) is 11.1 Å². The van der Waals surface area contributed by atoms with Gasteiger partial charge < -0.3 is 4.55 Å². The van der Waals surface area contributed by atoms with E-state index in [1.54, 1.807) is 6.92 Å². The average molecular weight is 252 g/mol. The van der Waals surface area contributed by atoms with Crippen molar-refractivity contribution in [3.63, 3.8) is 0 Å². The molecule has 1 aromatic rings. The van der Waals surface area contributed by atoms with Crippen LogP contribution in [0.5, 0.6) is 0 Å². The van der Waals surface area contributed by atoms with Gasteiger partial charge in [-0.15, -0.1) is 0 Å². The summed E-state index contributed by atoms with van der Waals surface area (Å²) in [6, 6.07) is 2.42. The maximum atomic E-state index is 12.9. The van der Waals surface area contributed by atoms with Crippen molar-refractivity contribution in [3.05, 3.63) is 28.0 Å². The molecule has 0 amide bonds. The highest BCUT2D eigenvalue weighted by Crippen LogP contribution is 2.22. The molecule has 0 aliphatic heterocycles. The van der Waals surface area contributed by atoms with Crippen LogP contribution in [0.15, 0.2) is 21.5 Å². The van der Waals surface area contributed by atoms with Crippen molar-refractivity contribution < 1.29 is 13.2 Å². The van der Waals surface area contributed by atoms with E-state index in [4.69, 9.17) is 0 Å². The van der Waals surface area contributed by atoms with Gasteiger partial charge in [-0.05, 0) is 35.7 Å². The van der Waals surface area contributed by atoms with Crippen molar-refractivity contribution in [2.75, 3.05) is 0 Å². The van der Waals surface area contributed by atoms with Gasteiger partial charge in [-0.3, -0.25) is 4.21 Å². The summed E-state index contributed by atoms with van der Waals surface area (Å²) in [5.41, 5.74) is 0.668. The zero-order valence-corrected chi connectivity index (χ0v) is 8.54. The Hall–Kier alpha value is -0.260. The van der Waals surface area contributed by atoms with Crippen LogP contribution in [0, 0.1) is 12.7 Å². The van der Waals surface area contributed by atoms with Gasteiger partial charge in [0.15, 0.2) is 0 Å². The van der Waals surface area contributed by atoms with Gasteiger partial charge >= 0.3 is 0 Å². The first kappa shape index (κ1) is 9.83. The van der Waals surface area contributed by atoms with E-state index >= 15 is 0 Å². The topological polar surface area (TPSA) is 40.1 Å². The second kappa shape index (κ2) is 3.64. The maximum absolute atomic E-state index is 12.9. The molecule has 0 saturated carbocycles. The Morgan fingerprint density at radius 3 is 2.67 bits per heavy atom. The summed E-state index contributed by atoms with van der Waals surface area (Å²) < 4.78 is 34.3. The first-order valence-corrected chi connectivity index (χ1v) is 4.94. The lowest BCUT2D eigenvalue weighted by atomic mass is 10.2. The van der Waals surface area contributed by atoms with E-state index in [0.29, 0.717) is 10.0 Å². The van der Waals surface area contributed by atoms with Gasteiger partial charge in [0, 0.05) is 4.47 Å². The average Bonchev–Trinajstić information content (AvgIpc) is 1.96. The molecule has 1 unspecified atom stereocenters. The van der Waals surface area contributed by atoms with Crippen LogP contribution in [0.2, 0.25) is 0 Å². The smallest absolute Gasteiger partial charge is 0.138 e. The Balaban J connectivity index is 3.33. The SMILES string of the molecule is Cc1cc(F)c(S(=O)[O-])cc1Br. The number of rotatable bonds is 1. The monoisotopic (exact) mass is 251 g/mol. The summed E-state index contributed by atoms with van der Waals surface area (Å²) in [7, 11) is 0. The minimum Gasteiger partial charge on any atom is -0.768 e. The zero-order chi connectivity index (χ0) is 9.30. The lowest BCUT2D eigenvalue weighted by molar-refractivity contribution is 0.522. The summed E-state index contributed by atoms with van der Waals surface area (Å²) in [4.78, 5) is -0.313. The Kier molecular flexibility index (Phi) is 2.98. The molecule has 1 aromatic carbocycles. The molecule has 0 aliphatic rings. The zero-order valence-electron chi connectivity index (χ0n) is 6.14. The normalized spacial score (nSPS) is 13.0. The fourth-order valence-corrected chi connectivity index (χ4v) is 1.68. The second-order valence-corrected chi connectivity index (χ2v) is 4.03. The van der Waals surface area contributed by atoms with Crippen molar-refractivity contribution in [1.82, 2.24) is 0 Å². The molecule has 0 heterocycles. The summed E-state index contributed by atoms with van der Waals surface area (Å²) in [5, 5.41) is 0. The highest BCUT2D eigenvalue weighted by atomic mass is 79.9. The van der Waals surface area contributed by atoms with E-state index in [1.807, 2.05) is 0 Å². The van der Waals surface area contributed by atoms with Gasteiger partial charge in [0.2, 0.25) is 0 Å². The Morgan fingerprint density at radius 1 is 1.58 bits per heavy atom. The third kappa shape index (κ3) is 1.91.